The second-order valence-electron chi connectivity index (χ2n) is 7.93. The second-order valence-corrected chi connectivity index (χ2v) is 9.26. The minimum atomic E-state index is -0.379. The monoisotopic (exact) mass is 503 g/mol. The number of imidazole rings is 1. The summed E-state index contributed by atoms with van der Waals surface area (Å²) in [5.41, 5.74) is 4.28. The number of carbonyl (C=O) groups is 1. The molecule has 0 radical (unpaired) electrons. The van der Waals surface area contributed by atoms with Gasteiger partial charge in [-0.1, -0.05) is 11.8 Å². The van der Waals surface area contributed by atoms with Crippen molar-refractivity contribution in [3.05, 3.63) is 72.8 Å². The van der Waals surface area contributed by atoms with E-state index in [4.69, 9.17) is 19.2 Å². The lowest BCUT2D eigenvalue weighted by molar-refractivity contribution is -0.115. The van der Waals surface area contributed by atoms with Crippen LogP contribution in [0.15, 0.2) is 78.0 Å². The standard InChI is InChI=1S/C28H29N3O4S/c1-5-35-24-16-10-21(11-17-24)29-27(32)18(2)36-28-30-25(19-6-12-22(33-3)13-7-19)26(31-28)20-8-14-23(34-4)15-9-20/h6-18H,5H2,1-4H3,(H,29,32)(H,30,31). The van der Waals surface area contributed by atoms with E-state index in [1.165, 1.54) is 11.8 Å². The third-order valence-corrected chi connectivity index (χ3v) is 6.50. The molecular formula is C28H29N3O4S. The smallest absolute Gasteiger partial charge is 0.237 e. The summed E-state index contributed by atoms with van der Waals surface area (Å²) in [6, 6.07) is 22.9. The maximum atomic E-state index is 12.9. The highest BCUT2D eigenvalue weighted by Crippen LogP contribution is 2.35. The first-order valence-electron chi connectivity index (χ1n) is 11.6. The van der Waals surface area contributed by atoms with E-state index in [1.807, 2.05) is 86.6 Å². The van der Waals surface area contributed by atoms with Gasteiger partial charge in [0.05, 0.1) is 37.5 Å². The van der Waals surface area contributed by atoms with Crippen molar-refractivity contribution in [1.82, 2.24) is 9.97 Å². The number of hydrogen-bond acceptors (Lipinski definition) is 6. The van der Waals surface area contributed by atoms with Gasteiger partial charge in [-0.25, -0.2) is 4.98 Å². The molecule has 0 bridgehead atoms. The third-order valence-electron chi connectivity index (χ3n) is 5.51. The van der Waals surface area contributed by atoms with Gasteiger partial charge in [0.25, 0.3) is 0 Å². The molecule has 4 aromatic rings. The minimum Gasteiger partial charge on any atom is -0.497 e. The van der Waals surface area contributed by atoms with E-state index in [-0.39, 0.29) is 11.2 Å². The Bertz CT molecular complexity index is 1220. The summed E-state index contributed by atoms with van der Waals surface area (Å²) in [5.74, 6) is 2.20. The molecule has 7 nitrogen and oxygen atoms in total. The van der Waals surface area contributed by atoms with Gasteiger partial charge in [0.2, 0.25) is 5.91 Å². The molecule has 0 saturated heterocycles. The SMILES string of the molecule is CCOc1ccc(NC(=O)C(C)Sc2nc(-c3ccc(OC)cc3)c(-c3ccc(OC)cc3)[nH]2)cc1. The molecule has 36 heavy (non-hydrogen) atoms. The van der Waals surface area contributed by atoms with Crippen LogP contribution in [0.2, 0.25) is 0 Å². The predicted octanol–water partition coefficient (Wildman–Crippen LogP) is 6.28. The maximum absolute atomic E-state index is 12.9. The van der Waals surface area contributed by atoms with Gasteiger partial charge in [-0.05, 0) is 86.6 Å². The predicted molar refractivity (Wildman–Crippen MR) is 144 cm³/mol. The summed E-state index contributed by atoms with van der Waals surface area (Å²) < 4.78 is 16.1. The number of aromatic nitrogens is 2. The van der Waals surface area contributed by atoms with E-state index >= 15 is 0 Å². The van der Waals surface area contributed by atoms with Crippen LogP contribution in [0.3, 0.4) is 0 Å². The Morgan fingerprint density at radius 1 is 0.889 bits per heavy atom. The number of H-pyrrole nitrogens is 1. The van der Waals surface area contributed by atoms with E-state index < -0.39 is 0 Å². The normalized spacial score (nSPS) is 11.6. The molecule has 0 saturated carbocycles. The van der Waals surface area contributed by atoms with Crippen molar-refractivity contribution in [2.75, 3.05) is 26.1 Å². The number of amides is 1. The fourth-order valence-electron chi connectivity index (χ4n) is 3.60. The van der Waals surface area contributed by atoms with E-state index in [9.17, 15) is 4.79 Å². The van der Waals surface area contributed by atoms with Crippen LogP contribution in [0.4, 0.5) is 5.69 Å². The van der Waals surface area contributed by atoms with Crippen molar-refractivity contribution in [2.45, 2.75) is 24.3 Å². The number of nitrogens with zero attached hydrogens (tertiary/aromatic N) is 1. The molecule has 1 atom stereocenters. The largest absolute Gasteiger partial charge is 0.497 e. The molecule has 0 spiro atoms. The summed E-state index contributed by atoms with van der Waals surface area (Å²) in [6.07, 6.45) is 0. The Labute approximate surface area is 215 Å². The topological polar surface area (TPSA) is 85.5 Å². The van der Waals surface area contributed by atoms with Crippen LogP contribution in [-0.2, 0) is 4.79 Å². The van der Waals surface area contributed by atoms with Gasteiger partial charge in [-0.3, -0.25) is 4.79 Å². The van der Waals surface area contributed by atoms with Gasteiger partial charge >= 0.3 is 0 Å². The van der Waals surface area contributed by atoms with Crippen molar-refractivity contribution in [1.29, 1.82) is 0 Å². The number of carbonyl (C=O) groups excluding carboxylic acids is 1. The highest BCUT2D eigenvalue weighted by atomic mass is 32.2. The molecule has 1 aromatic heterocycles. The van der Waals surface area contributed by atoms with E-state index in [2.05, 4.69) is 10.3 Å². The number of benzene rings is 3. The first-order valence-corrected chi connectivity index (χ1v) is 12.5. The molecule has 186 valence electrons. The van der Waals surface area contributed by atoms with Crippen LogP contribution in [0.25, 0.3) is 22.5 Å². The molecule has 1 amide bonds. The van der Waals surface area contributed by atoms with Crippen molar-refractivity contribution in [3.63, 3.8) is 0 Å². The van der Waals surface area contributed by atoms with Crippen LogP contribution in [0.1, 0.15) is 13.8 Å². The lowest BCUT2D eigenvalue weighted by atomic mass is 10.0. The Kier molecular flexibility index (Phi) is 8.17. The van der Waals surface area contributed by atoms with E-state index in [1.54, 1.807) is 14.2 Å². The molecule has 4 rings (SSSR count). The van der Waals surface area contributed by atoms with E-state index in [0.29, 0.717) is 17.5 Å². The first-order chi connectivity index (χ1) is 17.5. The summed E-state index contributed by atoms with van der Waals surface area (Å²) in [4.78, 5) is 21.1. The highest BCUT2D eigenvalue weighted by molar-refractivity contribution is 8.00. The summed E-state index contributed by atoms with van der Waals surface area (Å²) in [5, 5.41) is 3.23. The Morgan fingerprint density at radius 2 is 1.44 bits per heavy atom. The number of aromatic amines is 1. The fraction of sp³-hybridized carbons (Fsp3) is 0.214. The minimum absolute atomic E-state index is 0.113. The van der Waals surface area contributed by atoms with Gasteiger partial charge in [0, 0.05) is 16.8 Å². The zero-order chi connectivity index (χ0) is 25.5. The molecule has 0 aliphatic heterocycles. The molecule has 1 unspecified atom stereocenters. The van der Waals surface area contributed by atoms with E-state index in [0.717, 1.165) is 39.8 Å². The number of methoxy groups -OCH3 is 2. The van der Waals surface area contributed by atoms with Crippen molar-refractivity contribution in [2.24, 2.45) is 0 Å². The summed E-state index contributed by atoms with van der Waals surface area (Å²) in [6.45, 7) is 4.39. The zero-order valence-electron chi connectivity index (χ0n) is 20.7. The molecule has 1 heterocycles. The summed E-state index contributed by atoms with van der Waals surface area (Å²) in [7, 11) is 3.28. The van der Waals surface area contributed by atoms with Crippen LogP contribution in [-0.4, -0.2) is 42.0 Å². The van der Waals surface area contributed by atoms with Crippen molar-refractivity contribution >= 4 is 23.4 Å². The summed E-state index contributed by atoms with van der Waals surface area (Å²) >= 11 is 1.37. The fourth-order valence-corrected chi connectivity index (χ4v) is 4.40. The van der Waals surface area contributed by atoms with Crippen LogP contribution in [0.5, 0.6) is 17.2 Å². The van der Waals surface area contributed by atoms with Crippen LogP contribution in [0, 0.1) is 0 Å². The molecule has 0 aliphatic carbocycles. The number of anilines is 1. The molecule has 0 fully saturated rings. The third kappa shape index (κ3) is 6.01. The van der Waals surface area contributed by atoms with Crippen LogP contribution >= 0.6 is 11.8 Å². The molecule has 3 aromatic carbocycles. The van der Waals surface area contributed by atoms with Crippen molar-refractivity contribution in [3.8, 4) is 39.8 Å². The van der Waals surface area contributed by atoms with Crippen molar-refractivity contribution < 1.29 is 19.0 Å². The zero-order valence-corrected chi connectivity index (χ0v) is 21.5. The quantitative estimate of drug-likeness (QED) is 0.248. The number of rotatable bonds is 10. The lowest BCUT2D eigenvalue weighted by Gasteiger charge is -2.11. The van der Waals surface area contributed by atoms with Gasteiger partial charge in [0.15, 0.2) is 5.16 Å². The number of nitrogens with one attached hydrogen (secondary N) is 2. The Balaban J connectivity index is 1.56. The van der Waals surface area contributed by atoms with Gasteiger partial charge in [0.1, 0.15) is 17.2 Å². The Hall–Kier alpha value is -3.91. The molecule has 8 heteroatoms. The number of ether oxygens (including phenoxy) is 3. The van der Waals surface area contributed by atoms with Gasteiger partial charge < -0.3 is 24.5 Å². The maximum Gasteiger partial charge on any atom is 0.237 e. The second kappa shape index (κ2) is 11.7. The Morgan fingerprint density at radius 3 is 2.00 bits per heavy atom. The number of hydrogen-bond donors (Lipinski definition) is 2. The molecule has 2 N–H and O–H groups in total. The highest BCUT2D eigenvalue weighted by Gasteiger charge is 2.20. The lowest BCUT2D eigenvalue weighted by Crippen LogP contribution is -2.22. The number of thioether (sulfide) groups is 1. The van der Waals surface area contributed by atoms with Crippen LogP contribution < -0.4 is 19.5 Å². The first kappa shape index (κ1) is 25.2. The average Bonchev–Trinajstić information content (AvgIpc) is 3.33. The van der Waals surface area contributed by atoms with Gasteiger partial charge in [-0.15, -0.1) is 0 Å². The van der Waals surface area contributed by atoms with Gasteiger partial charge in [-0.2, -0.15) is 0 Å². The molecular weight excluding hydrogens is 474 g/mol. The average molecular weight is 504 g/mol. The molecule has 0 aliphatic rings.